The van der Waals surface area contributed by atoms with Crippen molar-refractivity contribution in [3.05, 3.63) is 82.0 Å². The smallest absolute Gasteiger partial charge is 0.309 e. The molecule has 0 amide bonds. The lowest BCUT2D eigenvalue weighted by atomic mass is 9.83. The molecule has 0 saturated carbocycles. The molecule has 6 heteroatoms. The summed E-state index contributed by atoms with van der Waals surface area (Å²) < 4.78 is 11.2. The van der Waals surface area contributed by atoms with Gasteiger partial charge in [-0.2, -0.15) is 0 Å². The summed E-state index contributed by atoms with van der Waals surface area (Å²) in [7, 11) is 0. The Morgan fingerprint density at radius 2 is 1.21 bits per heavy atom. The Hall–Kier alpha value is -3.54. The molecule has 2 atom stereocenters. The summed E-state index contributed by atoms with van der Waals surface area (Å²) in [6.45, 7) is 6.43. The largest absolute Gasteiger partial charge is 0.507 e. The first kappa shape index (κ1) is 31.4. The molecule has 2 N–H and O–H groups in total. The summed E-state index contributed by atoms with van der Waals surface area (Å²) in [6, 6.07) is 7.86. The van der Waals surface area contributed by atoms with E-state index in [4.69, 9.17) is 9.47 Å². The summed E-state index contributed by atoms with van der Waals surface area (Å²) in [4.78, 5) is 25.0. The van der Waals surface area contributed by atoms with E-state index >= 15 is 0 Å². The second kappa shape index (κ2) is 15.1. The van der Waals surface area contributed by atoms with E-state index in [0.717, 1.165) is 84.7 Å². The van der Waals surface area contributed by atoms with Gasteiger partial charge in [-0.05, 0) is 81.0 Å². The summed E-state index contributed by atoms with van der Waals surface area (Å²) in [5.41, 5.74) is 5.00. The van der Waals surface area contributed by atoms with Crippen LogP contribution < -0.4 is 0 Å². The van der Waals surface area contributed by atoms with Gasteiger partial charge in [-0.15, -0.1) is 0 Å². The minimum absolute atomic E-state index is 0.0625. The zero-order valence-electron chi connectivity index (χ0n) is 25.4. The van der Waals surface area contributed by atoms with Gasteiger partial charge < -0.3 is 19.7 Å². The first-order chi connectivity index (χ1) is 20.3. The van der Waals surface area contributed by atoms with Crippen molar-refractivity contribution in [2.45, 2.75) is 90.9 Å². The predicted octanol–water partition coefficient (Wildman–Crippen LogP) is 7.53. The van der Waals surface area contributed by atoms with E-state index < -0.39 is 0 Å². The zero-order chi connectivity index (χ0) is 30.1. The van der Waals surface area contributed by atoms with E-state index in [1.54, 1.807) is 0 Å². The number of carbonyl (C=O) groups is 2. The lowest BCUT2D eigenvalue weighted by Gasteiger charge is -2.23. The van der Waals surface area contributed by atoms with Gasteiger partial charge >= 0.3 is 11.9 Å². The number of hydrogen-bond acceptors (Lipinski definition) is 6. The Bertz CT molecular complexity index is 1210. The Morgan fingerprint density at radius 1 is 0.762 bits per heavy atom. The minimum Gasteiger partial charge on any atom is -0.507 e. The number of ether oxygens (including phenoxy) is 2. The molecule has 42 heavy (non-hydrogen) atoms. The van der Waals surface area contributed by atoms with Crippen molar-refractivity contribution < 1.29 is 29.3 Å². The monoisotopic (exact) mass is 574 g/mol. The fraction of sp³-hybridized carbons (Fsp3) is 0.500. The van der Waals surface area contributed by atoms with E-state index in [0.29, 0.717) is 12.8 Å². The van der Waals surface area contributed by atoms with Crippen LogP contribution >= 0.6 is 0 Å². The molecule has 0 saturated heterocycles. The van der Waals surface area contributed by atoms with Crippen LogP contribution in [-0.4, -0.2) is 35.4 Å². The van der Waals surface area contributed by atoms with Crippen LogP contribution in [0, 0.1) is 25.7 Å². The topological polar surface area (TPSA) is 93.1 Å². The van der Waals surface area contributed by atoms with Gasteiger partial charge in [-0.3, -0.25) is 9.59 Å². The normalized spacial score (nSPS) is 18.9. The van der Waals surface area contributed by atoms with Crippen LogP contribution in [0.4, 0.5) is 0 Å². The quantitative estimate of drug-likeness (QED) is 0.201. The highest BCUT2D eigenvalue weighted by molar-refractivity contribution is 5.73. The van der Waals surface area contributed by atoms with Crippen LogP contribution in [0.3, 0.4) is 0 Å². The number of rotatable bonds is 12. The first-order valence-corrected chi connectivity index (χ1v) is 15.6. The molecule has 6 nitrogen and oxygen atoms in total. The fourth-order valence-corrected chi connectivity index (χ4v) is 6.14. The number of carbonyl (C=O) groups excluding carboxylic acids is 2. The second-order valence-corrected chi connectivity index (χ2v) is 11.8. The third-order valence-electron chi connectivity index (χ3n) is 8.58. The molecule has 0 fully saturated rings. The van der Waals surface area contributed by atoms with Crippen molar-refractivity contribution in [1.82, 2.24) is 0 Å². The average molecular weight is 575 g/mol. The van der Waals surface area contributed by atoms with E-state index in [9.17, 15) is 19.8 Å². The molecule has 226 valence electrons. The second-order valence-electron chi connectivity index (χ2n) is 11.8. The summed E-state index contributed by atoms with van der Waals surface area (Å²) in [5, 5.41) is 22.4. The number of benzene rings is 2. The summed E-state index contributed by atoms with van der Waals surface area (Å²) in [5.74, 6) is -0.183. The Kier molecular flexibility index (Phi) is 11.3. The van der Waals surface area contributed by atoms with Crippen molar-refractivity contribution in [3.63, 3.8) is 0 Å². The van der Waals surface area contributed by atoms with Gasteiger partial charge in [0.25, 0.3) is 0 Å². The molecule has 2 unspecified atom stereocenters. The number of phenolic OH excluding ortho intramolecular Hbond substituents is 2. The van der Waals surface area contributed by atoms with E-state index in [2.05, 4.69) is 19.1 Å². The Morgan fingerprint density at radius 3 is 1.60 bits per heavy atom. The summed E-state index contributed by atoms with van der Waals surface area (Å²) in [6.07, 6.45) is 16.0. The van der Waals surface area contributed by atoms with Gasteiger partial charge in [0.1, 0.15) is 11.5 Å². The van der Waals surface area contributed by atoms with Gasteiger partial charge in [0, 0.05) is 29.9 Å². The van der Waals surface area contributed by atoms with E-state index in [-0.39, 0.29) is 54.4 Å². The maximum Gasteiger partial charge on any atom is 0.309 e. The van der Waals surface area contributed by atoms with Crippen molar-refractivity contribution >= 4 is 11.9 Å². The lowest BCUT2D eigenvalue weighted by Crippen LogP contribution is -2.20. The molecule has 0 aliphatic heterocycles. The van der Waals surface area contributed by atoms with Gasteiger partial charge in [-0.25, -0.2) is 0 Å². The molecule has 0 bridgehead atoms. The molecule has 2 aromatic carbocycles. The van der Waals surface area contributed by atoms with Gasteiger partial charge in [-0.1, -0.05) is 61.9 Å². The van der Waals surface area contributed by atoms with Crippen molar-refractivity contribution in [1.29, 1.82) is 0 Å². The number of esters is 2. The lowest BCUT2D eigenvalue weighted by molar-refractivity contribution is -0.149. The molecule has 0 aromatic heterocycles. The number of phenols is 2. The SMILES string of the molecule is CCCC(c1cc(CCOC(=O)C2CC=CCC2)cc(C)c1O)c1cc(CCOC(=O)C2CC=CCC2)cc(C)c1O. The maximum atomic E-state index is 12.5. The highest BCUT2D eigenvalue weighted by atomic mass is 16.5. The summed E-state index contributed by atoms with van der Waals surface area (Å²) >= 11 is 0. The van der Waals surface area contributed by atoms with Crippen LogP contribution in [0.25, 0.3) is 0 Å². The van der Waals surface area contributed by atoms with Crippen molar-refractivity contribution in [2.24, 2.45) is 11.8 Å². The number of aromatic hydroxyl groups is 2. The average Bonchev–Trinajstić information content (AvgIpc) is 3.00. The number of hydrogen-bond donors (Lipinski definition) is 2. The zero-order valence-corrected chi connectivity index (χ0v) is 25.4. The molecule has 2 aromatic rings. The van der Waals surface area contributed by atoms with E-state index in [1.807, 2.05) is 50.3 Å². The van der Waals surface area contributed by atoms with Gasteiger partial charge in [0.2, 0.25) is 0 Å². The molecule has 2 aliphatic carbocycles. The van der Waals surface area contributed by atoms with Crippen LogP contribution in [0.1, 0.15) is 97.6 Å². The van der Waals surface area contributed by atoms with Crippen LogP contribution in [0.5, 0.6) is 11.5 Å². The van der Waals surface area contributed by atoms with E-state index in [1.165, 1.54) is 0 Å². The molecule has 0 heterocycles. The number of allylic oxidation sites excluding steroid dienone is 4. The Labute approximate surface area is 250 Å². The van der Waals surface area contributed by atoms with Gasteiger partial charge in [0.05, 0.1) is 25.0 Å². The molecular weight excluding hydrogens is 528 g/mol. The molecule has 2 aliphatic rings. The maximum absolute atomic E-state index is 12.5. The standard InChI is InChI=1S/C36H46O6/c1-4-11-30(31-22-26(20-24(2)33(31)37)16-18-41-35(39)28-12-7-5-8-13-28)32-23-27(21-25(3)34(32)38)17-19-42-36(40)29-14-9-6-10-15-29/h5-7,9,20-23,28-30,37-38H,4,8,10-19H2,1-3H3. The van der Waals surface area contributed by atoms with Crippen molar-refractivity contribution in [2.75, 3.05) is 13.2 Å². The molecule has 0 radical (unpaired) electrons. The molecular formula is C36H46O6. The van der Waals surface area contributed by atoms with Crippen LogP contribution in [0.15, 0.2) is 48.6 Å². The van der Waals surface area contributed by atoms with Crippen molar-refractivity contribution in [3.8, 4) is 11.5 Å². The third kappa shape index (κ3) is 8.05. The predicted molar refractivity (Wildman–Crippen MR) is 165 cm³/mol. The molecule has 0 spiro atoms. The Balaban J connectivity index is 1.49. The van der Waals surface area contributed by atoms with Crippen LogP contribution in [0.2, 0.25) is 0 Å². The third-order valence-corrected chi connectivity index (χ3v) is 8.58. The van der Waals surface area contributed by atoms with Gasteiger partial charge in [0.15, 0.2) is 0 Å². The molecule has 4 rings (SSSR count). The van der Waals surface area contributed by atoms with Crippen LogP contribution in [-0.2, 0) is 31.9 Å². The fourth-order valence-electron chi connectivity index (χ4n) is 6.14. The number of aryl methyl sites for hydroxylation is 2. The first-order valence-electron chi connectivity index (χ1n) is 15.6. The minimum atomic E-state index is -0.222. The highest BCUT2D eigenvalue weighted by Gasteiger charge is 2.25. The highest BCUT2D eigenvalue weighted by Crippen LogP contribution is 2.42.